The van der Waals surface area contributed by atoms with E-state index < -0.39 is 0 Å². The van der Waals surface area contributed by atoms with Crippen LogP contribution in [0.1, 0.15) is 41.1 Å². The number of hydrogen-bond donors (Lipinski definition) is 3. The summed E-state index contributed by atoms with van der Waals surface area (Å²) in [5.74, 6) is 0.356. The van der Waals surface area contributed by atoms with Gasteiger partial charge in [-0.3, -0.25) is 0 Å². The fraction of sp³-hybridized carbons (Fsp3) is 0.333. The summed E-state index contributed by atoms with van der Waals surface area (Å²) in [6, 6.07) is 14.1. The first-order valence-electron chi connectivity index (χ1n) is 7.50. The van der Waals surface area contributed by atoms with E-state index in [4.69, 9.17) is 5.11 Å². The van der Waals surface area contributed by atoms with Crippen LogP contribution in [0.3, 0.4) is 0 Å². The van der Waals surface area contributed by atoms with Gasteiger partial charge in [0.25, 0.3) is 0 Å². The smallest absolute Gasteiger partial charge is 0.115 e. The van der Waals surface area contributed by atoms with E-state index in [0.29, 0.717) is 11.8 Å². The Kier molecular flexibility index (Phi) is 4.23. The molecule has 0 bridgehead atoms. The first-order valence-corrected chi connectivity index (χ1v) is 7.50. The van der Waals surface area contributed by atoms with E-state index in [1.54, 1.807) is 6.07 Å². The Labute approximate surface area is 125 Å². The SMILES string of the molecule is OCc1ccc(CNC2CCCc3cc(O)ccc32)cc1. The number of benzene rings is 2. The molecule has 0 spiro atoms. The minimum Gasteiger partial charge on any atom is -0.508 e. The number of phenols is 1. The van der Waals surface area contributed by atoms with Gasteiger partial charge in [0.1, 0.15) is 5.75 Å². The Morgan fingerprint density at radius 1 is 1.05 bits per heavy atom. The summed E-state index contributed by atoms with van der Waals surface area (Å²) in [6.45, 7) is 0.907. The van der Waals surface area contributed by atoms with Gasteiger partial charge in [-0.15, -0.1) is 0 Å². The Morgan fingerprint density at radius 2 is 1.81 bits per heavy atom. The van der Waals surface area contributed by atoms with Crippen LogP contribution in [0.15, 0.2) is 42.5 Å². The maximum absolute atomic E-state index is 9.59. The van der Waals surface area contributed by atoms with E-state index in [1.807, 2.05) is 24.3 Å². The van der Waals surface area contributed by atoms with Crippen LogP contribution in [-0.4, -0.2) is 10.2 Å². The average Bonchev–Trinajstić information content (AvgIpc) is 2.53. The van der Waals surface area contributed by atoms with Crippen molar-refractivity contribution in [3.05, 3.63) is 64.7 Å². The van der Waals surface area contributed by atoms with Gasteiger partial charge in [0, 0.05) is 12.6 Å². The van der Waals surface area contributed by atoms with Gasteiger partial charge in [0.15, 0.2) is 0 Å². The number of hydrogen-bond acceptors (Lipinski definition) is 3. The number of rotatable bonds is 4. The molecular formula is C18H21NO2. The molecule has 2 aromatic rings. The van der Waals surface area contributed by atoms with Crippen LogP contribution in [0.2, 0.25) is 0 Å². The lowest BCUT2D eigenvalue weighted by Gasteiger charge is -2.26. The second-order valence-electron chi connectivity index (χ2n) is 5.68. The molecule has 1 aliphatic rings. The second kappa shape index (κ2) is 6.29. The van der Waals surface area contributed by atoms with Crippen molar-refractivity contribution in [2.45, 2.75) is 38.5 Å². The molecule has 3 rings (SSSR count). The second-order valence-corrected chi connectivity index (χ2v) is 5.68. The molecule has 0 aliphatic heterocycles. The minimum absolute atomic E-state index is 0.0905. The molecule has 1 atom stereocenters. The van der Waals surface area contributed by atoms with Crippen LogP contribution in [0.4, 0.5) is 0 Å². The van der Waals surface area contributed by atoms with E-state index in [2.05, 4.69) is 17.4 Å². The van der Waals surface area contributed by atoms with Crippen LogP contribution >= 0.6 is 0 Å². The highest BCUT2D eigenvalue weighted by Crippen LogP contribution is 2.32. The van der Waals surface area contributed by atoms with E-state index in [0.717, 1.165) is 31.4 Å². The number of fused-ring (bicyclic) bond motifs is 1. The summed E-state index contributed by atoms with van der Waals surface area (Å²) in [5, 5.41) is 22.3. The molecule has 0 saturated heterocycles. The standard InChI is InChI=1S/C18H21NO2/c20-12-14-6-4-13(5-7-14)11-19-18-3-1-2-15-10-16(21)8-9-17(15)18/h4-10,18-21H,1-3,11-12H2. The van der Waals surface area contributed by atoms with Gasteiger partial charge in [0.2, 0.25) is 0 Å². The Bertz CT molecular complexity index is 607. The maximum atomic E-state index is 9.59. The van der Waals surface area contributed by atoms with Crippen molar-refractivity contribution >= 4 is 0 Å². The highest BCUT2D eigenvalue weighted by atomic mass is 16.3. The van der Waals surface area contributed by atoms with Crippen LogP contribution in [0.25, 0.3) is 0 Å². The van der Waals surface area contributed by atoms with Crippen molar-refractivity contribution in [3.63, 3.8) is 0 Å². The minimum atomic E-state index is 0.0905. The van der Waals surface area contributed by atoms with Crippen LogP contribution in [0, 0.1) is 0 Å². The zero-order chi connectivity index (χ0) is 14.7. The van der Waals surface area contributed by atoms with Crippen LogP contribution < -0.4 is 5.32 Å². The van der Waals surface area contributed by atoms with E-state index in [-0.39, 0.29) is 6.61 Å². The lowest BCUT2D eigenvalue weighted by molar-refractivity contribution is 0.282. The van der Waals surface area contributed by atoms with Gasteiger partial charge in [-0.25, -0.2) is 0 Å². The van der Waals surface area contributed by atoms with Crippen LogP contribution in [0.5, 0.6) is 5.75 Å². The topological polar surface area (TPSA) is 52.5 Å². The van der Waals surface area contributed by atoms with Crippen molar-refractivity contribution in [2.24, 2.45) is 0 Å². The summed E-state index contributed by atoms with van der Waals surface area (Å²) >= 11 is 0. The third-order valence-electron chi connectivity index (χ3n) is 4.20. The third-order valence-corrected chi connectivity index (χ3v) is 4.20. The molecule has 0 amide bonds. The first-order chi connectivity index (χ1) is 10.3. The average molecular weight is 283 g/mol. The molecule has 3 nitrogen and oxygen atoms in total. The maximum Gasteiger partial charge on any atom is 0.115 e. The number of aliphatic hydroxyl groups is 1. The summed E-state index contributed by atoms with van der Waals surface area (Å²) in [7, 11) is 0. The fourth-order valence-corrected chi connectivity index (χ4v) is 3.02. The van der Waals surface area contributed by atoms with E-state index >= 15 is 0 Å². The molecule has 1 aliphatic carbocycles. The molecule has 0 heterocycles. The number of nitrogens with one attached hydrogen (secondary N) is 1. The lowest BCUT2D eigenvalue weighted by Crippen LogP contribution is -2.24. The summed E-state index contributed by atoms with van der Waals surface area (Å²) in [5.41, 5.74) is 4.73. The summed E-state index contributed by atoms with van der Waals surface area (Å²) in [6.07, 6.45) is 3.33. The van der Waals surface area contributed by atoms with E-state index in [1.165, 1.54) is 16.7 Å². The molecule has 1 unspecified atom stereocenters. The number of aliphatic hydroxyl groups excluding tert-OH is 1. The predicted octanol–water partition coefficient (Wildman–Crippen LogP) is 3.05. The van der Waals surface area contributed by atoms with E-state index in [9.17, 15) is 5.11 Å². The van der Waals surface area contributed by atoms with Gasteiger partial charge >= 0.3 is 0 Å². The molecule has 21 heavy (non-hydrogen) atoms. The van der Waals surface area contributed by atoms with Crippen molar-refractivity contribution in [3.8, 4) is 5.75 Å². The predicted molar refractivity (Wildman–Crippen MR) is 83.0 cm³/mol. The molecule has 110 valence electrons. The van der Waals surface area contributed by atoms with Gasteiger partial charge < -0.3 is 15.5 Å². The highest BCUT2D eigenvalue weighted by molar-refractivity contribution is 5.38. The molecule has 0 aromatic heterocycles. The van der Waals surface area contributed by atoms with Crippen LogP contribution in [-0.2, 0) is 19.6 Å². The van der Waals surface area contributed by atoms with Gasteiger partial charge in [-0.1, -0.05) is 30.3 Å². The fourth-order valence-electron chi connectivity index (χ4n) is 3.02. The highest BCUT2D eigenvalue weighted by Gasteiger charge is 2.19. The number of aromatic hydroxyl groups is 1. The van der Waals surface area contributed by atoms with Gasteiger partial charge in [-0.2, -0.15) is 0 Å². The number of aryl methyl sites for hydroxylation is 1. The monoisotopic (exact) mass is 283 g/mol. The summed E-state index contributed by atoms with van der Waals surface area (Å²) in [4.78, 5) is 0. The molecule has 0 fully saturated rings. The zero-order valence-corrected chi connectivity index (χ0v) is 12.0. The molecule has 0 saturated carbocycles. The molecular weight excluding hydrogens is 262 g/mol. The Hall–Kier alpha value is -1.84. The van der Waals surface area contributed by atoms with Crippen molar-refractivity contribution in [2.75, 3.05) is 0 Å². The lowest BCUT2D eigenvalue weighted by atomic mass is 9.87. The quantitative estimate of drug-likeness (QED) is 0.808. The largest absolute Gasteiger partial charge is 0.508 e. The molecule has 3 N–H and O–H groups in total. The Morgan fingerprint density at radius 3 is 2.57 bits per heavy atom. The van der Waals surface area contributed by atoms with Crippen molar-refractivity contribution in [1.82, 2.24) is 5.32 Å². The van der Waals surface area contributed by atoms with Gasteiger partial charge in [0.05, 0.1) is 6.61 Å². The third kappa shape index (κ3) is 3.26. The summed E-state index contributed by atoms with van der Waals surface area (Å²) < 4.78 is 0. The zero-order valence-electron chi connectivity index (χ0n) is 12.0. The first kappa shape index (κ1) is 14.1. The van der Waals surface area contributed by atoms with Crippen molar-refractivity contribution < 1.29 is 10.2 Å². The molecule has 2 aromatic carbocycles. The molecule has 0 radical (unpaired) electrons. The normalized spacial score (nSPS) is 17.5. The van der Waals surface area contributed by atoms with Crippen molar-refractivity contribution in [1.29, 1.82) is 0 Å². The number of phenolic OH excluding ortho intramolecular Hbond substituents is 1. The molecule has 3 heteroatoms. The van der Waals surface area contributed by atoms with Gasteiger partial charge in [-0.05, 0) is 53.6 Å². The Balaban J connectivity index is 1.68.